The second-order valence-electron chi connectivity index (χ2n) is 4.16. The van der Waals surface area contributed by atoms with E-state index < -0.39 is 11.7 Å². The summed E-state index contributed by atoms with van der Waals surface area (Å²) in [5.41, 5.74) is 0.441. The Morgan fingerprint density at radius 2 is 1.57 bits per heavy atom. The van der Waals surface area contributed by atoms with Crippen molar-refractivity contribution < 1.29 is 13.2 Å². The van der Waals surface area contributed by atoms with Crippen LogP contribution in [0.25, 0.3) is 0 Å². The maximum absolute atomic E-state index is 12.4. The molecule has 0 amide bonds. The summed E-state index contributed by atoms with van der Waals surface area (Å²) in [7, 11) is 0. The van der Waals surface area contributed by atoms with Crippen LogP contribution in [0.1, 0.15) is 5.56 Å². The van der Waals surface area contributed by atoms with Crippen LogP contribution in [-0.2, 0) is 6.18 Å². The van der Waals surface area contributed by atoms with Gasteiger partial charge in [0.05, 0.1) is 5.56 Å². The van der Waals surface area contributed by atoms with Crippen LogP contribution < -0.4 is 10.6 Å². The van der Waals surface area contributed by atoms with E-state index in [4.69, 9.17) is 23.8 Å². The van der Waals surface area contributed by atoms with Crippen molar-refractivity contribution in [3.05, 3.63) is 59.1 Å². The fourth-order valence-corrected chi connectivity index (χ4v) is 2.03. The minimum absolute atomic E-state index is 0.261. The molecule has 2 rings (SSSR count). The molecule has 7 heteroatoms. The number of alkyl halides is 3. The highest BCUT2D eigenvalue weighted by molar-refractivity contribution is 7.80. The van der Waals surface area contributed by atoms with E-state index in [1.807, 2.05) is 0 Å². The Hall–Kier alpha value is -1.79. The van der Waals surface area contributed by atoms with Crippen molar-refractivity contribution in [2.24, 2.45) is 0 Å². The van der Waals surface area contributed by atoms with Gasteiger partial charge in [0, 0.05) is 16.4 Å². The van der Waals surface area contributed by atoms with Crippen LogP contribution in [0, 0.1) is 0 Å². The summed E-state index contributed by atoms with van der Waals surface area (Å²) in [6.45, 7) is 0. The third-order valence-corrected chi connectivity index (χ3v) is 2.99. The molecule has 2 aromatic rings. The third kappa shape index (κ3) is 4.61. The van der Waals surface area contributed by atoms with Gasteiger partial charge in [0.25, 0.3) is 0 Å². The lowest BCUT2D eigenvalue weighted by atomic mass is 10.2. The van der Waals surface area contributed by atoms with Crippen molar-refractivity contribution in [3.8, 4) is 0 Å². The molecule has 2 N–H and O–H groups in total. The van der Waals surface area contributed by atoms with Crippen LogP contribution in [0.5, 0.6) is 0 Å². The maximum Gasteiger partial charge on any atom is 0.416 e. The normalized spacial score (nSPS) is 11.0. The molecular formula is C14H10ClF3N2S. The Balaban J connectivity index is 2.00. The van der Waals surface area contributed by atoms with Gasteiger partial charge in [-0.3, -0.25) is 0 Å². The van der Waals surface area contributed by atoms with Gasteiger partial charge in [-0.25, -0.2) is 0 Å². The van der Waals surface area contributed by atoms with Gasteiger partial charge in [0.2, 0.25) is 0 Å². The molecule has 0 radical (unpaired) electrons. The lowest BCUT2D eigenvalue weighted by molar-refractivity contribution is -0.137. The van der Waals surface area contributed by atoms with Crippen LogP contribution in [0.2, 0.25) is 5.02 Å². The zero-order valence-electron chi connectivity index (χ0n) is 10.5. The first-order chi connectivity index (χ1) is 9.84. The first-order valence-corrected chi connectivity index (χ1v) is 6.64. The molecule has 0 heterocycles. The van der Waals surface area contributed by atoms with Crippen LogP contribution in [0.3, 0.4) is 0 Å². The van der Waals surface area contributed by atoms with Crippen molar-refractivity contribution in [3.63, 3.8) is 0 Å². The molecule has 0 saturated carbocycles. The Bertz CT molecular complexity index is 641. The lowest BCUT2D eigenvalue weighted by Gasteiger charge is -2.12. The number of nitrogens with one attached hydrogen (secondary N) is 2. The largest absolute Gasteiger partial charge is 0.416 e. The number of hydrogen-bond donors (Lipinski definition) is 2. The number of hydrogen-bond acceptors (Lipinski definition) is 1. The molecule has 0 atom stereocenters. The standard InChI is InChI=1S/C14H10ClF3N2S/c15-10-2-1-3-12(8-10)20-13(21)19-11-6-4-9(5-7-11)14(16,17)18/h1-8H,(H2,19,20,21). The number of thiocarbonyl (C=S) groups is 1. The Morgan fingerprint density at radius 3 is 2.14 bits per heavy atom. The van der Waals surface area contributed by atoms with Crippen molar-refractivity contribution in [2.75, 3.05) is 10.6 Å². The van der Waals surface area contributed by atoms with E-state index in [0.29, 0.717) is 16.4 Å². The van der Waals surface area contributed by atoms with E-state index in [-0.39, 0.29) is 5.11 Å². The van der Waals surface area contributed by atoms with Crippen molar-refractivity contribution in [2.45, 2.75) is 6.18 Å². The molecule has 21 heavy (non-hydrogen) atoms. The van der Waals surface area contributed by atoms with E-state index in [2.05, 4.69) is 10.6 Å². The number of rotatable bonds is 2. The molecule has 110 valence electrons. The molecule has 0 spiro atoms. The summed E-state index contributed by atoms with van der Waals surface area (Å²) in [4.78, 5) is 0. The van der Waals surface area contributed by atoms with Crippen molar-refractivity contribution in [1.29, 1.82) is 0 Å². The van der Waals surface area contributed by atoms with Crippen molar-refractivity contribution in [1.82, 2.24) is 0 Å². The first-order valence-electron chi connectivity index (χ1n) is 5.85. The van der Waals surface area contributed by atoms with Gasteiger partial charge in [-0.2, -0.15) is 13.2 Å². The van der Waals surface area contributed by atoms with Gasteiger partial charge in [0.15, 0.2) is 5.11 Å². The quantitative estimate of drug-likeness (QED) is 0.743. The summed E-state index contributed by atoms with van der Waals surface area (Å²) < 4.78 is 37.3. The zero-order chi connectivity index (χ0) is 15.5. The Labute approximate surface area is 129 Å². The minimum Gasteiger partial charge on any atom is -0.332 e. The van der Waals surface area contributed by atoms with Gasteiger partial charge in [0.1, 0.15) is 0 Å². The predicted molar refractivity (Wildman–Crippen MR) is 82.7 cm³/mol. The summed E-state index contributed by atoms with van der Waals surface area (Å²) in [5.74, 6) is 0. The van der Waals surface area contributed by atoms with Crippen molar-refractivity contribution >= 4 is 40.3 Å². The van der Waals surface area contributed by atoms with Crippen LogP contribution in [0.15, 0.2) is 48.5 Å². The summed E-state index contributed by atoms with van der Waals surface area (Å²) in [6, 6.07) is 11.5. The highest BCUT2D eigenvalue weighted by Gasteiger charge is 2.29. The molecule has 0 aliphatic carbocycles. The smallest absolute Gasteiger partial charge is 0.332 e. The van der Waals surface area contributed by atoms with Gasteiger partial charge in [-0.1, -0.05) is 17.7 Å². The van der Waals surface area contributed by atoms with Crippen LogP contribution >= 0.6 is 23.8 Å². The number of halogens is 4. The Morgan fingerprint density at radius 1 is 0.952 bits per heavy atom. The molecular weight excluding hydrogens is 321 g/mol. The van der Waals surface area contributed by atoms with E-state index in [0.717, 1.165) is 12.1 Å². The second-order valence-corrected chi connectivity index (χ2v) is 5.01. The molecule has 0 bridgehead atoms. The summed E-state index contributed by atoms with van der Waals surface area (Å²) in [5, 5.41) is 6.50. The molecule has 2 aromatic carbocycles. The van der Waals surface area contributed by atoms with E-state index in [1.165, 1.54) is 12.1 Å². The molecule has 0 aromatic heterocycles. The topological polar surface area (TPSA) is 24.1 Å². The number of anilines is 2. The molecule has 0 fully saturated rings. The highest BCUT2D eigenvalue weighted by Crippen LogP contribution is 2.29. The van der Waals surface area contributed by atoms with Gasteiger partial charge >= 0.3 is 6.18 Å². The van der Waals surface area contributed by atoms with E-state index in [1.54, 1.807) is 24.3 Å². The molecule has 0 unspecified atom stereocenters. The maximum atomic E-state index is 12.4. The Kier molecular flexibility index (Phi) is 4.69. The molecule has 0 aliphatic heterocycles. The summed E-state index contributed by atoms with van der Waals surface area (Å²) in [6.07, 6.45) is -4.35. The monoisotopic (exact) mass is 330 g/mol. The first kappa shape index (κ1) is 15.6. The molecule has 0 aliphatic rings. The fraction of sp³-hybridized carbons (Fsp3) is 0.0714. The second kappa shape index (κ2) is 6.32. The molecule has 2 nitrogen and oxygen atoms in total. The fourth-order valence-electron chi connectivity index (χ4n) is 1.60. The summed E-state index contributed by atoms with van der Waals surface area (Å²) >= 11 is 10.9. The lowest BCUT2D eigenvalue weighted by Crippen LogP contribution is -2.19. The van der Waals surface area contributed by atoms with Gasteiger partial charge in [-0.05, 0) is 54.7 Å². The van der Waals surface area contributed by atoms with Crippen LogP contribution in [0.4, 0.5) is 24.5 Å². The average molecular weight is 331 g/mol. The SMILES string of the molecule is FC(F)(F)c1ccc(NC(=S)Nc2cccc(Cl)c2)cc1. The van der Waals surface area contributed by atoms with Gasteiger partial charge in [-0.15, -0.1) is 0 Å². The predicted octanol–water partition coefficient (Wildman–Crippen LogP) is 5.17. The third-order valence-electron chi connectivity index (χ3n) is 2.55. The minimum atomic E-state index is -4.35. The molecule has 0 saturated heterocycles. The highest BCUT2D eigenvalue weighted by atomic mass is 35.5. The zero-order valence-corrected chi connectivity index (χ0v) is 12.1. The van der Waals surface area contributed by atoms with E-state index >= 15 is 0 Å². The van der Waals surface area contributed by atoms with Crippen LogP contribution in [-0.4, -0.2) is 5.11 Å². The average Bonchev–Trinajstić information content (AvgIpc) is 2.38. The van der Waals surface area contributed by atoms with Gasteiger partial charge < -0.3 is 10.6 Å². The van der Waals surface area contributed by atoms with E-state index in [9.17, 15) is 13.2 Å². The number of benzene rings is 2.